The molecule has 0 aliphatic carbocycles. The predicted octanol–water partition coefficient (Wildman–Crippen LogP) is 3.64. The van der Waals surface area contributed by atoms with Crippen LogP contribution in [0.5, 0.6) is 5.75 Å². The second-order valence-corrected chi connectivity index (χ2v) is 6.53. The monoisotopic (exact) mass is 306 g/mol. The van der Waals surface area contributed by atoms with Crippen molar-refractivity contribution in [1.29, 1.82) is 0 Å². The van der Waals surface area contributed by atoms with E-state index < -0.39 is 0 Å². The van der Waals surface area contributed by atoms with Gasteiger partial charge >= 0.3 is 0 Å². The maximum absolute atomic E-state index is 12.4. The van der Waals surface area contributed by atoms with Crippen LogP contribution in [-0.4, -0.2) is 29.5 Å². The van der Waals surface area contributed by atoms with Gasteiger partial charge in [0.05, 0.1) is 12.3 Å². The number of nitrogen functional groups attached to an aromatic ring is 1. The molecule has 0 saturated heterocycles. The van der Waals surface area contributed by atoms with Gasteiger partial charge in [-0.15, -0.1) is 0 Å². The van der Waals surface area contributed by atoms with Gasteiger partial charge in [-0.2, -0.15) is 0 Å². The van der Waals surface area contributed by atoms with Crippen LogP contribution in [0.4, 0.5) is 5.69 Å². The standard InChI is InChI=1S/C18H30N2O2/c1-6-12-22-16-10-8-14(13-15(16)19)9-11-17(21)20(7-2)18(3,4)5/h8,10,13H,6-7,9,11-12,19H2,1-5H3. The van der Waals surface area contributed by atoms with Gasteiger partial charge in [-0.3, -0.25) is 4.79 Å². The topological polar surface area (TPSA) is 55.6 Å². The Bertz CT molecular complexity index is 492. The smallest absolute Gasteiger partial charge is 0.223 e. The summed E-state index contributed by atoms with van der Waals surface area (Å²) in [6.45, 7) is 11.7. The van der Waals surface area contributed by atoms with Crippen molar-refractivity contribution in [2.24, 2.45) is 0 Å². The fourth-order valence-electron chi connectivity index (χ4n) is 2.51. The summed E-state index contributed by atoms with van der Waals surface area (Å²) in [5, 5.41) is 0. The van der Waals surface area contributed by atoms with Crippen LogP contribution in [0.3, 0.4) is 0 Å². The first-order valence-electron chi connectivity index (χ1n) is 8.11. The van der Waals surface area contributed by atoms with Crippen molar-refractivity contribution in [3.8, 4) is 5.75 Å². The Morgan fingerprint density at radius 2 is 1.95 bits per heavy atom. The number of carbonyl (C=O) groups excluding carboxylic acids is 1. The van der Waals surface area contributed by atoms with Crippen molar-refractivity contribution >= 4 is 11.6 Å². The summed E-state index contributed by atoms with van der Waals surface area (Å²) in [7, 11) is 0. The van der Waals surface area contributed by atoms with Crippen LogP contribution in [-0.2, 0) is 11.2 Å². The number of benzene rings is 1. The first-order chi connectivity index (χ1) is 10.3. The Balaban J connectivity index is 2.64. The average molecular weight is 306 g/mol. The number of rotatable bonds is 7. The molecule has 0 heterocycles. The normalized spacial score (nSPS) is 11.3. The van der Waals surface area contributed by atoms with Crippen molar-refractivity contribution in [2.45, 2.75) is 59.4 Å². The van der Waals surface area contributed by atoms with Crippen molar-refractivity contribution in [1.82, 2.24) is 4.90 Å². The minimum Gasteiger partial charge on any atom is -0.491 e. The molecule has 22 heavy (non-hydrogen) atoms. The molecule has 0 aliphatic heterocycles. The number of nitrogens with zero attached hydrogens (tertiary/aromatic N) is 1. The molecule has 1 aromatic carbocycles. The molecule has 0 fully saturated rings. The molecule has 1 aromatic rings. The Kier molecular flexibility index (Phi) is 6.72. The van der Waals surface area contributed by atoms with Crippen LogP contribution >= 0.6 is 0 Å². The van der Waals surface area contributed by atoms with Crippen molar-refractivity contribution in [3.63, 3.8) is 0 Å². The summed E-state index contributed by atoms with van der Waals surface area (Å²) < 4.78 is 5.57. The van der Waals surface area contributed by atoms with Gasteiger partial charge in [0.25, 0.3) is 0 Å². The largest absolute Gasteiger partial charge is 0.491 e. The van der Waals surface area contributed by atoms with E-state index in [2.05, 4.69) is 27.7 Å². The Hall–Kier alpha value is -1.71. The number of aryl methyl sites for hydroxylation is 1. The van der Waals surface area contributed by atoms with Crippen LogP contribution in [0.1, 0.15) is 53.0 Å². The van der Waals surface area contributed by atoms with Gasteiger partial charge in [-0.05, 0) is 58.2 Å². The average Bonchev–Trinajstić information content (AvgIpc) is 2.43. The van der Waals surface area contributed by atoms with E-state index in [0.29, 0.717) is 25.1 Å². The molecule has 1 rings (SSSR count). The van der Waals surface area contributed by atoms with Crippen molar-refractivity contribution in [3.05, 3.63) is 23.8 Å². The van der Waals surface area contributed by atoms with E-state index in [0.717, 1.165) is 24.3 Å². The summed E-state index contributed by atoms with van der Waals surface area (Å²) in [6, 6.07) is 5.79. The van der Waals surface area contributed by atoms with Gasteiger partial charge in [0, 0.05) is 18.5 Å². The zero-order valence-electron chi connectivity index (χ0n) is 14.6. The van der Waals surface area contributed by atoms with Gasteiger partial charge in [0.2, 0.25) is 5.91 Å². The minimum absolute atomic E-state index is 0.136. The van der Waals surface area contributed by atoms with E-state index in [-0.39, 0.29) is 11.4 Å². The summed E-state index contributed by atoms with van der Waals surface area (Å²) >= 11 is 0. The maximum atomic E-state index is 12.4. The number of carbonyl (C=O) groups is 1. The van der Waals surface area contributed by atoms with E-state index in [1.807, 2.05) is 30.0 Å². The Morgan fingerprint density at radius 3 is 2.45 bits per heavy atom. The molecular weight excluding hydrogens is 276 g/mol. The van der Waals surface area contributed by atoms with Crippen LogP contribution in [0.15, 0.2) is 18.2 Å². The van der Waals surface area contributed by atoms with E-state index in [1.165, 1.54) is 0 Å². The molecular formula is C18H30N2O2. The SMILES string of the molecule is CCCOc1ccc(CCC(=O)N(CC)C(C)(C)C)cc1N. The molecule has 0 saturated carbocycles. The lowest BCUT2D eigenvalue weighted by molar-refractivity contribution is -0.135. The molecule has 0 atom stereocenters. The molecule has 1 amide bonds. The third-order valence-electron chi connectivity index (χ3n) is 3.59. The van der Waals surface area contributed by atoms with Crippen LogP contribution in [0.25, 0.3) is 0 Å². The molecule has 4 heteroatoms. The highest BCUT2D eigenvalue weighted by Crippen LogP contribution is 2.24. The minimum atomic E-state index is -0.136. The molecule has 0 radical (unpaired) electrons. The van der Waals surface area contributed by atoms with Crippen LogP contribution < -0.4 is 10.5 Å². The van der Waals surface area contributed by atoms with Gasteiger partial charge in [-0.25, -0.2) is 0 Å². The first kappa shape index (κ1) is 18.3. The van der Waals surface area contributed by atoms with Crippen molar-refractivity contribution in [2.75, 3.05) is 18.9 Å². The molecule has 0 aliphatic rings. The molecule has 4 nitrogen and oxygen atoms in total. The van der Waals surface area contributed by atoms with E-state index in [9.17, 15) is 4.79 Å². The van der Waals surface area contributed by atoms with E-state index in [1.54, 1.807) is 0 Å². The summed E-state index contributed by atoms with van der Waals surface area (Å²) in [6.07, 6.45) is 2.15. The fourth-order valence-corrected chi connectivity index (χ4v) is 2.51. The third kappa shape index (κ3) is 5.24. The van der Waals surface area contributed by atoms with Gasteiger partial charge in [0.15, 0.2) is 0 Å². The fraction of sp³-hybridized carbons (Fsp3) is 0.611. The maximum Gasteiger partial charge on any atom is 0.223 e. The number of hydrogen-bond donors (Lipinski definition) is 1. The molecule has 0 spiro atoms. The zero-order chi connectivity index (χ0) is 16.8. The lowest BCUT2D eigenvalue weighted by Gasteiger charge is -2.35. The molecule has 0 unspecified atom stereocenters. The highest BCUT2D eigenvalue weighted by molar-refractivity contribution is 5.77. The molecule has 0 bridgehead atoms. The Labute approximate surface area is 134 Å². The van der Waals surface area contributed by atoms with Crippen molar-refractivity contribution < 1.29 is 9.53 Å². The highest BCUT2D eigenvalue weighted by Gasteiger charge is 2.24. The van der Waals surface area contributed by atoms with Gasteiger partial charge < -0.3 is 15.4 Å². The van der Waals surface area contributed by atoms with Gasteiger partial charge in [0.1, 0.15) is 5.75 Å². The second-order valence-electron chi connectivity index (χ2n) is 6.53. The number of ether oxygens (including phenoxy) is 1. The quantitative estimate of drug-likeness (QED) is 0.783. The molecule has 124 valence electrons. The number of amides is 1. The third-order valence-corrected chi connectivity index (χ3v) is 3.59. The number of hydrogen-bond acceptors (Lipinski definition) is 3. The molecule has 2 N–H and O–H groups in total. The lowest BCUT2D eigenvalue weighted by Crippen LogP contribution is -2.45. The van der Waals surface area contributed by atoms with Crippen LogP contribution in [0, 0.1) is 0 Å². The van der Waals surface area contributed by atoms with E-state index in [4.69, 9.17) is 10.5 Å². The Morgan fingerprint density at radius 1 is 1.27 bits per heavy atom. The summed E-state index contributed by atoms with van der Waals surface area (Å²) in [5.74, 6) is 0.904. The first-order valence-corrected chi connectivity index (χ1v) is 8.11. The summed E-state index contributed by atoms with van der Waals surface area (Å²) in [4.78, 5) is 14.3. The number of anilines is 1. The van der Waals surface area contributed by atoms with Crippen LogP contribution in [0.2, 0.25) is 0 Å². The predicted molar refractivity (Wildman–Crippen MR) is 92.1 cm³/mol. The summed E-state index contributed by atoms with van der Waals surface area (Å²) in [5.41, 5.74) is 7.58. The number of nitrogens with two attached hydrogens (primary N) is 1. The molecule has 0 aromatic heterocycles. The lowest BCUT2D eigenvalue weighted by atomic mass is 10.0. The highest BCUT2D eigenvalue weighted by atomic mass is 16.5. The van der Waals surface area contributed by atoms with E-state index >= 15 is 0 Å². The second kappa shape index (κ2) is 8.06. The zero-order valence-corrected chi connectivity index (χ0v) is 14.6. The van der Waals surface area contributed by atoms with Gasteiger partial charge in [-0.1, -0.05) is 13.0 Å².